The van der Waals surface area contributed by atoms with E-state index in [-0.39, 0.29) is 29.8 Å². The van der Waals surface area contributed by atoms with Crippen LogP contribution in [-0.4, -0.2) is 53.5 Å². The van der Waals surface area contributed by atoms with E-state index in [0.717, 1.165) is 49.0 Å². The number of hydrogen-bond acceptors (Lipinski definition) is 4. The lowest BCUT2D eigenvalue weighted by Gasteiger charge is -2.36. The first-order valence-corrected chi connectivity index (χ1v) is 10.4. The molecule has 8 heteroatoms. The van der Waals surface area contributed by atoms with Gasteiger partial charge >= 0.3 is 0 Å². The van der Waals surface area contributed by atoms with Gasteiger partial charge in [0.05, 0.1) is 5.69 Å². The van der Waals surface area contributed by atoms with Gasteiger partial charge in [0.15, 0.2) is 5.96 Å². The molecule has 1 N–H and O–H groups in total. The summed E-state index contributed by atoms with van der Waals surface area (Å²) in [5.74, 6) is 2.99. The Morgan fingerprint density at radius 3 is 2.82 bits per heavy atom. The Labute approximate surface area is 187 Å². The monoisotopic (exact) mass is 518 g/mol. The van der Waals surface area contributed by atoms with Gasteiger partial charge in [0, 0.05) is 49.7 Å². The Morgan fingerprint density at radius 2 is 2.14 bits per heavy atom. The van der Waals surface area contributed by atoms with E-state index in [0.29, 0.717) is 17.1 Å². The molecule has 1 aromatic carbocycles. The van der Waals surface area contributed by atoms with E-state index in [1.165, 1.54) is 12.1 Å². The number of oxazole rings is 1. The number of guanidine groups is 1. The molecule has 0 amide bonds. The maximum Gasteiger partial charge on any atom is 0.226 e. The topological polar surface area (TPSA) is 53.7 Å². The third-order valence-corrected chi connectivity index (χ3v) is 6.20. The second-order valence-corrected chi connectivity index (χ2v) is 8.32. The van der Waals surface area contributed by atoms with Crippen LogP contribution < -0.4 is 5.32 Å². The first-order valence-electron chi connectivity index (χ1n) is 9.34. The van der Waals surface area contributed by atoms with Gasteiger partial charge in [0.25, 0.3) is 0 Å². The Hall–Kier alpha value is -1.29. The van der Waals surface area contributed by atoms with Gasteiger partial charge in [-0.1, -0.05) is 13.8 Å². The van der Waals surface area contributed by atoms with E-state index in [2.05, 4.69) is 45.8 Å². The molecule has 2 heterocycles. The average Bonchev–Trinajstić information content (AvgIpc) is 3.15. The van der Waals surface area contributed by atoms with Gasteiger partial charge in [-0.25, -0.2) is 9.37 Å². The van der Waals surface area contributed by atoms with Crippen molar-refractivity contribution < 1.29 is 8.81 Å². The summed E-state index contributed by atoms with van der Waals surface area (Å²) in [7, 11) is 1.83. The minimum Gasteiger partial charge on any atom is -0.444 e. The second kappa shape index (κ2) is 11.0. The van der Waals surface area contributed by atoms with Crippen molar-refractivity contribution in [2.24, 2.45) is 10.9 Å². The van der Waals surface area contributed by atoms with Crippen molar-refractivity contribution in [2.75, 3.05) is 32.4 Å². The number of hydrogen-bond donors (Lipinski definition) is 1. The predicted molar refractivity (Wildman–Crippen MR) is 125 cm³/mol. The lowest BCUT2D eigenvalue weighted by Crippen LogP contribution is -2.49. The summed E-state index contributed by atoms with van der Waals surface area (Å²) in [6.07, 6.45) is 2.40. The van der Waals surface area contributed by atoms with Crippen molar-refractivity contribution in [1.82, 2.24) is 15.2 Å². The van der Waals surface area contributed by atoms with Crippen LogP contribution in [0, 0.1) is 11.7 Å². The Morgan fingerprint density at radius 1 is 1.39 bits per heavy atom. The van der Waals surface area contributed by atoms with E-state index in [1.807, 2.05) is 7.05 Å². The van der Waals surface area contributed by atoms with Gasteiger partial charge in [-0.15, -0.1) is 24.0 Å². The van der Waals surface area contributed by atoms with Crippen LogP contribution in [0.15, 0.2) is 39.9 Å². The molecule has 1 saturated heterocycles. The largest absolute Gasteiger partial charge is 0.444 e. The number of aromatic nitrogens is 1. The summed E-state index contributed by atoms with van der Waals surface area (Å²) in [4.78, 5) is 11.3. The summed E-state index contributed by atoms with van der Waals surface area (Å²) in [6.45, 7) is 7.34. The third kappa shape index (κ3) is 6.10. The lowest BCUT2D eigenvalue weighted by atomic mass is 10.1. The molecule has 0 saturated carbocycles. The zero-order valence-electron chi connectivity index (χ0n) is 16.5. The van der Waals surface area contributed by atoms with Crippen LogP contribution in [0.3, 0.4) is 0 Å². The highest BCUT2D eigenvalue weighted by Crippen LogP contribution is 2.25. The van der Waals surface area contributed by atoms with Gasteiger partial charge in [0.2, 0.25) is 5.89 Å². The number of rotatable bonds is 5. The smallest absolute Gasteiger partial charge is 0.226 e. The number of nitrogens with one attached hydrogen (secondary N) is 1. The fraction of sp³-hybridized carbons (Fsp3) is 0.500. The fourth-order valence-corrected chi connectivity index (χ4v) is 4.35. The number of benzene rings is 1. The summed E-state index contributed by atoms with van der Waals surface area (Å²) in [5.41, 5.74) is 1.64. The molecule has 1 fully saturated rings. The van der Waals surface area contributed by atoms with E-state index in [1.54, 1.807) is 18.4 Å². The number of thioether (sulfide) groups is 1. The van der Waals surface area contributed by atoms with Crippen LogP contribution in [0.25, 0.3) is 11.5 Å². The molecule has 154 valence electrons. The van der Waals surface area contributed by atoms with Crippen molar-refractivity contribution in [3.8, 4) is 11.5 Å². The predicted octanol–water partition coefficient (Wildman–Crippen LogP) is 4.29. The van der Waals surface area contributed by atoms with Crippen molar-refractivity contribution in [2.45, 2.75) is 25.5 Å². The van der Waals surface area contributed by atoms with Crippen LogP contribution >= 0.6 is 35.7 Å². The summed E-state index contributed by atoms with van der Waals surface area (Å²) in [5, 5.41) is 4.08. The molecule has 1 aliphatic heterocycles. The Balaban J connectivity index is 0.00000280. The molecule has 3 rings (SSSR count). The van der Waals surface area contributed by atoms with Crippen molar-refractivity contribution in [3.63, 3.8) is 0 Å². The van der Waals surface area contributed by atoms with E-state index < -0.39 is 0 Å². The molecule has 0 bridgehead atoms. The molecule has 0 spiro atoms. The molecular formula is C20H28FIN4OS. The Bertz CT molecular complexity index is 766. The van der Waals surface area contributed by atoms with Gasteiger partial charge in [-0.05, 0) is 30.2 Å². The molecule has 1 unspecified atom stereocenters. The van der Waals surface area contributed by atoms with Crippen molar-refractivity contribution >= 4 is 41.7 Å². The summed E-state index contributed by atoms with van der Waals surface area (Å²) in [6, 6.07) is 6.16. The molecular weight excluding hydrogens is 490 g/mol. The van der Waals surface area contributed by atoms with E-state index in [9.17, 15) is 4.39 Å². The van der Waals surface area contributed by atoms with E-state index >= 15 is 0 Å². The second-order valence-electron chi connectivity index (χ2n) is 6.97. The van der Waals surface area contributed by atoms with E-state index in [4.69, 9.17) is 4.42 Å². The van der Waals surface area contributed by atoms with Gasteiger partial charge in [-0.2, -0.15) is 11.8 Å². The molecule has 1 aliphatic rings. The third-order valence-electron chi connectivity index (χ3n) is 4.66. The van der Waals surface area contributed by atoms with Crippen molar-refractivity contribution in [3.05, 3.63) is 42.0 Å². The quantitative estimate of drug-likeness (QED) is 0.364. The minimum atomic E-state index is -0.267. The maximum absolute atomic E-state index is 13.0. The zero-order valence-corrected chi connectivity index (χ0v) is 19.7. The molecule has 2 aromatic rings. The number of halogens is 2. The maximum atomic E-state index is 13.0. The zero-order chi connectivity index (χ0) is 19.2. The highest BCUT2D eigenvalue weighted by atomic mass is 127. The molecule has 1 aromatic heterocycles. The average molecular weight is 518 g/mol. The lowest BCUT2D eigenvalue weighted by molar-refractivity contribution is 0.381. The minimum absolute atomic E-state index is 0. The molecule has 5 nitrogen and oxygen atoms in total. The van der Waals surface area contributed by atoms with Crippen LogP contribution in [0.4, 0.5) is 4.39 Å². The molecule has 0 radical (unpaired) electrons. The Kier molecular flexibility index (Phi) is 9.07. The normalized spacial score (nSPS) is 17.5. The van der Waals surface area contributed by atoms with Gasteiger partial charge in [0.1, 0.15) is 12.1 Å². The van der Waals surface area contributed by atoms with Crippen LogP contribution in [0.2, 0.25) is 0 Å². The number of nitrogens with zero attached hydrogens (tertiary/aromatic N) is 3. The molecule has 1 atom stereocenters. The van der Waals surface area contributed by atoms with Crippen molar-refractivity contribution in [1.29, 1.82) is 0 Å². The van der Waals surface area contributed by atoms with Crippen LogP contribution in [0.1, 0.15) is 19.5 Å². The highest BCUT2D eigenvalue weighted by Gasteiger charge is 2.24. The number of aliphatic imine (C=N–C) groups is 1. The highest BCUT2D eigenvalue weighted by molar-refractivity contribution is 14.0. The first kappa shape index (κ1) is 23.0. The molecule has 28 heavy (non-hydrogen) atoms. The molecule has 0 aliphatic carbocycles. The SMILES string of the molecule is CN=C(NCCc1coc(-c2ccc(F)cc2)n1)N1CCSC(C(C)C)C1.I. The van der Waals surface area contributed by atoms with Gasteiger partial charge < -0.3 is 14.6 Å². The summed E-state index contributed by atoms with van der Waals surface area (Å²) >= 11 is 2.05. The van der Waals surface area contributed by atoms with Gasteiger partial charge in [-0.3, -0.25) is 4.99 Å². The standard InChI is InChI=1S/C20H27FN4OS.HI/c1-14(2)18-12-25(10-11-27-18)20(22-3)23-9-8-17-13-26-19(24-17)15-4-6-16(21)7-5-15;/h4-7,13-14,18H,8-12H2,1-3H3,(H,22,23);1H. The summed E-state index contributed by atoms with van der Waals surface area (Å²) < 4.78 is 18.6. The first-order chi connectivity index (χ1) is 13.1. The van der Waals surface area contributed by atoms with Crippen LogP contribution in [-0.2, 0) is 6.42 Å². The van der Waals surface area contributed by atoms with Crippen LogP contribution in [0.5, 0.6) is 0 Å². The fourth-order valence-electron chi connectivity index (χ4n) is 3.05.